The van der Waals surface area contributed by atoms with Gasteiger partial charge in [-0.15, -0.1) is 0 Å². The van der Waals surface area contributed by atoms with Crippen LogP contribution in [0.4, 0.5) is 5.69 Å². The number of rotatable bonds is 4. The molecule has 0 unspecified atom stereocenters. The summed E-state index contributed by atoms with van der Waals surface area (Å²) in [7, 11) is 0. The van der Waals surface area contributed by atoms with Crippen LogP contribution in [-0.4, -0.2) is 24.0 Å². The molecule has 1 rings (SSSR count). The van der Waals surface area contributed by atoms with E-state index in [9.17, 15) is 20.0 Å². The molecule has 0 aromatic heterocycles. The Balaban J connectivity index is 0.000000411. The Morgan fingerprint density at radius 1 is 1.28 bits per heavy atom. The first-order valence-corrected chi connectivity index (χ1v) is 5.48. The minimum absolute atomic E-state index is 0.0689. The minimum Gasteiger partial charge on any atom is -0.545 e. The van der Waals surface area contributed by atoms with E-state index in [1.165, 1.54) is 0 Å². The number of hydrogen-bond acceptors (Lipinski definition) is 5. The first-order chi connectivity index (χ1) is 8.42. The number of benzene rings is 1. The first kappa shape index (κ1) is 16.0. The van der Waals surface area contributed by atoms with Gasteiger partial charge in [0.25, 0.3) is 5.69 Å². The number of aromatic carboxylic acids is 1. The zero-order chi connectivity index (χ0) is 14.1. The number of nitrogens with zero attached hydrogens (tertiary/aromatic N) is 1. The van der Waals surface area contributed by atoms with Crippen molar-refractivity contribution in [2.75, 3.05) is 13.1 Å². The topological polar surface area (TPSA) is 114 Å². The highest BCUT2D eigenvalue weighted by Crippen LogP contribution is 2.10. The molecule has 0 amide bonds. The van der Waals surface area contributed by atoms with Crippen molar-refractivity contribution < 1.29 is 19.8 Å². The number of nitrogens with two attached hydrogens (primary N) is 1. The number of carboxylic acids is 1. The third-order valence-corrected chi connectivity index (χ3v) is 2.22. The smallest absolute Gasteiger partial charge is 0.269 e. The van der Waals surface area contributed by atoms with Gasteiger partial charge in [0.2, 0.25) is 0 Å². The van der Waals surface area contributed by atoms with Gasteiger partial charge in [-0.05, 0) is 31.5 Å². The Hall–Kier alpha value is -1.99. The van der Waals surface area contributed by atoms with Gasteiger partial charge in [-0.2, -0.15) is 5.84 Å². The second-order valence-corrected chi connectivity index (χ2v) is 3.46. The van der Waals surface area contributed by atoms with Gasteiger partial charge >= 0.3 is 0 Å². The van der Waals surface area contributed by atoms with E-state index in [-0.39, 0.29) is 11.3 Å². The van der Waals surface area contributed by atoms with Crippen LogP contribution in [0.5, 0.6) is 0 Å². The van der Waals surface area contributed by atoms with Crippen molar-refractivity contribution in [1.29, 1.82) is 0 Å². The van der Waals surface area contributed by atoms with Gasteiger partial charge < -0.3 is 9.90 Å². The molecule has 0 saturated heterocycles. The van der Waals surface area contributed by atoms with E-state index in [4.69, 9.17) is 5.84 Å². The van der Waals surface area contributed by atoms with Crippen molar-refractivity contribution >= 4 is 11.7 Å². The third kappa shape index (κ3) is 5.92. The molecule has 100 valence electrons. The lowest BCUT2D eigenvalue weighted by atomic mass is 10.2. The Labute approximate surface area is 105 Å². The molecule has 0 bridgehead atoms. The zero-order valence-electron chi connectivity index (χ0n) is 10.4. The van der Waals surface area contributed by atoms with E-state index in [0.717, 1.165) is 42.4 Å². The largest absolute Gasteiger partial charge is 0.545 e. The number of quaternary nitrogens is 1. The maximum absolute atomic E-state index is 10.2. The summed E-state index contributed by atoms with van der Waals surface area (Å²) < 4.78 is 0. The van der Waals surface area contributed by atoms with Crippen LogP contribution in [0.2, 0.25) is 0 Å². The number of carbonyl (C=O) groups excluding carboxylic acids is 1. The van der Waals surface area contributed by atoms with Gasteiger partial charge in [-0.3, -0.25) is 15.1 Å². The molecule has 0 saturated carbocycles. The highest BCUT2D eigenvalue weighted by molar-refractivity contribution is 5.85. The number of nitro groups is 1. The number of carbonyl (C=O) groups is 1. The molecule has 1 aromatic rings. The molecule has 18 heavy (non-hydrogen) atoms. The summed E-state index contributed by atoms with van der Waals surface area (Å²) in [6, 6.07) is 4.50. The molecule has 0 atom stereocenters. The molecule has 7 nitrogen and oxygen atoms in total. The van der Waals surface area contributed by atoms with Gasteiger partial charge in [-0.25, -0.2) is 0 Å². The van der Waals surface area contributed by atoms with Crippen LogP contribution in [-0.2, 0) is 0 Å². The molecule has 0 spiro atoms. The normalized spacial score (nSPS) is 9.56. The fraction of sp³-hybridized carbons (Fsp3) is 0.364. The summed E-state index contributed by atoms with van der Waals surface area (Å²) in [5.74, 6) is 4.05. The van der Waals surface area contributed by atoms with E-state index in [2.05, 4.69) is 13.8 Å². The quantitative estimate of drug-likeness (QED) is 0.396. The monoisotopic (exact) mass is 255 g/mol. The molecule has 7 heteroatoms. The van der Waals surface area contributed by atoms with Crippen LogP contribution >= 0.6 is 0 Å². The SMILES string of the molecule is CC[NH+](N)CC.O=C([O-])c1ccc([N+](=O)[O-])cc1. The van der Waals surface area contributed by atoms with Crippen molar-refractivity contribution in [3.8, 4) is 0 Å². The van der Waals surface area contributed by atoms with E-state index < -0.39 is 10.9 Å². The molecule has 0 radical (unpaired) electrons. The van der Waals surface area contributed by atoms with Crippen LogP contribution in [0.1, 0.15) is 24.2 Å². The standard InChI is InChI=1S/C7H5NO4.C4H12N2/c9-7(10)5-1-3-6(4-2-5)8(11)12;1-3-6(5)4-2/h1-4H,(H,9,10);3-5H2,1-2H3. The van der Waals surface area contributed by atoms with E-state index in [1.54, 1.807) is 0 Å². The van der Waals surface area contributed by atoms with E-state index in [0.29, 0.717) is 0 Å². The number of nitrogens with one attached hydrogen (secondary N) is 1. The molecular formula is C11H17N3O4. The lowest BCUT2D eigenvalue weighted by molar-refractivity contribution is -0.908. The van der Waals surface area contributed by atoms with Crippen molar-refractivity contribution in [3.63, 3.8) is 0 Å². The number of non-ortho nitro benzene ring substituents is 1. The molecule has 0 heterocycles. The van der Waals surface area contributed by atoms with Crippen LogP contribution in [0.3, 0.4) is 0 Å². The average molecular weight is 255 g/mol. The number of nitro benzene ring substituents is 1. The fourth-order valence-electron chi connectivity index (χ4n) is 0.969. The molecular weight excluding hydrogens is 238 g/mol. The van der Waals surface area contributed by atoms with Crippen LogP contribution in [0.15, 0.2) is 24.3 Å². The Morgan fingerprint density at radius 2 is 1.72 bits per heavy atom. The van der Waals surface area contributed by atoms with E-state index in [1.807, 2.05) is 0 Å². The van der Waals surface area contributed by atoms with Gasteiger partial charge in [0, 0.05) is 12.1 Å². The summed E-state index contributed by atoms with van der Waals surface area (Å²) >= 11 is 0. The third-order valence-electron chi connectivity index (χ3n) is 2.22. The van der Waals surface area contributed by atoms with Gasteiger partial charge in [-0.1, -0.05) is 0 Å². The summed E-state index contributed by atoms with van der Waals surface area (Å²) in [5.41, 5.74) is -0.208. The summed E-state index contributed by atoms with van der Waals surface area (Å²) in [5, 5.41) is 21.4. The highest BCUT2D eigenvalue weighted by atomic mass is 16.6. The second kappa shape index (κ2) is 8.15. The maximum Gasteiger partial charge on any atom is 0.269 e. The lowest BCUT2D eigenvalue weighted by Gasteiger charge is -2.03. The van der Waals surface area contributed by atoms with Crippen molar-refractivity contribution in [1.82, 2.24) is 0 Å². The highest BCUT2D eigenvalue weighted by Gasteiger charge is 2.03. The van der Waals surface area contributed by atoms with Crippen LogP contribution in [0, 0.1) is 10.1 Å². The maximum atomic E-state index is 10.2. The predicted octanol–water partition coefficient (Wildman–Crippen LogP) is -1.26. The molecule has 3 N–H and O–H groups in total. The van der Waals surface area contributed by atoms with Gasteiger partial charge in [0.1, 0.15) is 0 Å². The van der Waals surface area contributed by atoms with Crippen LogP contribution < -0.4 is 16.0 Å². The van der Waals surface area contributed by atoms with Gasteiger partial charge in [0.05, 0.1) is 24.0 Å². The average Bonchev–Trinajstić information content (AvgIpc) is 2.38. The van der Waals surface area contributed by atoms with Crippen molar-refractivity contribution in [3.05, 3.63) is 39.9 Å². The summed E-state index contributed by atoms with van der Waals surface area (Å²) in [6.07, 6.45) is 0. The number of hydrogen-bond donors (Lipinski definition) is 2. The Morgan fingerprint density at radius 3 is 1.94 bits per heavy atom. The molecule has 1 aromatic carbocycles. The fourth-order valence-corrected chi connectivity index (χ4v) is 0.969. The molecule has 0 aliphatic carbocycles. The Kier molecular flexibility index (Phi) is 7.25. The molecule has 0 aliphatic rings. The van der Waals surface area contributed by atoms with Gasteiger partial charge in [0.15, 0.2) is 0 Å². The molecule has 0 fully saturated rings. The minimum atomic E-state index is -1.34. The molecule has 0 aliphatic heterocycles. The number of carboxylic acid groups (broad SMARTS) is 1. The summed E-state index contributed by atoms with van der Waals surface area (Å²) in [4.78, 5) is 19.7. The van der Waals surface area contributed by atoms with Crippen molar-refractivity contribution in [2.45, 2.75) is 13.8 Å². The first-order valence-electron chi connectivity index (χ1n) is 5.48. The second-order valence-electron chi connectivity index (χ2n) is 3.46. The summed E-state index contributed by atoms with van der Waals surface area (Å²) in [6.45, 7) is 6.19. The zero-order valence-corrected chi connectivity index (χ0v) is 10.4. The van der Waals surface area contributed by atoms with Crippen LogP contribution in [0.25, 0.3) is 0 Å². The lowest BCUT2D eigenvalue weighted by Crippen LogP contribution is -3.17. The Bertz CT molecular complexity index is 355. The van der Waals surface area contributed by atoms with Crippen molar-refractivity contribution in [2.24, 2.45) is 5.84 Å². The van der Waals surface area contributed by atoms with E-state index >= 15 is 0 Å². The predicted molar refractivity (Wildman–Crippen MR) is 63.7 cm³/mol.